The summed E-state index contributed by atoms with van der Waals surface area (Å²) in [5.41, 5.74) is 0. The molecule has 6 heteroatoms. The molecule has 0 aliphatic rings. The molecule has 1 aromatic rings. The van der Waals surface area contributed by atoms with Gasteiger partial charge in [-0.1, -0.05) is 0 Å². The molecular weight excluding hydrogens is 281 g/mol. The van der Waals surface area contributed by atoms with E-state index in [-0.39, 0.29) is 26.0 Å². The van der Waals surface area contributed by atoms with Crippen LogP contribution in [-0.2, 0) is 10.0 Å². The van der Waals surface area contributed by atoms with Crippen molar-refractivity contribution in [3.05, 3.63) is 24.3 Å². The Labute approximate surface area is 95.7 Å². The van der Waals surface area contributed by atoms with E-state index in [0.717, 1.165) is 9.78 Å². The molecule has 1 rings (SSSR count). The van der Waals surface area contributed by atoms with Crippen molar-refractivity contribution >= 4 is 29.4 Å². The number of nitrogens with two attached hydrogens (primary N) is 1. The van der Waals surface area contributed by atoms with E-state index in [1.165, 1.54) is 12.1 Å². The molecule has 0 aliphatic carbocycles. The predicted molar refractivity (Wildman–Crippen MR) is 59.7 cm³/mol. The van der Waals surface area contributed by atoms with Crippen molar-refractivity contribution in [1.29, 1.82) is 0 Å². The molecular formula is C9H13NO3SSe. The molecule has 1 aromatic carbocycles. The Morgan fingerprint density at radius 3 is 2.33 bits per heavy atom. The van der Waals surface area contributed by atoms with Crippen molar-refractivity contribution < 1.29 is 13.5 Å². The van der Waals surface area contributed by atoms with Gasteiger partial charge in [0.25, 0.3) is 0 Å². The molecule has 1 atom stereocenters. The second-order valence-electron chi connectivity index (χ2n) is 3.18. The van der Waals surface area contributed by atoms with Gasteiger partial charge in [-0.15, -0.1) is 0 Å². The molecule has 0 saturated carbocycles. The van der Waals surface area contributed by atoms with Gasteiger partial charge in [-0.05, 0) is 0 Å². The summed E-state index contributed by atoms with van der Waals surface area (Å²) >= 11 is 0.172. The minimum absolute atomic E-state index is 0.124. The van der Waals surface area contributed by atoms with Gasteiger partial charge in [-0.3, -0.25) is 0 Å². The van der Waals surface area contributed by atoms with E-state index in [1.807, 2.05) is 0 Å². The molecule has 0 radical (unpaired) electrons. The summed E-state index contributed by atoms with van der Waals surface area (Å²) in [7, 11) is -3.59. The van der Waals surface area contributed by atoms with Crippen LogP contribution in [-0.4, -0.2) is 34.6 Å². The first kappa shape index (κ1) is 12.7. The quantitative estimate of drug-likeness (QED) is 0.732. The number of aliphatic hydroxyl groups is 1. The van der Waals surface area contributed by atoms with Crippen LogP contribution in [0.5, 0.6) is 0 Å². The number of aliphatic hydroxyl groups excluding tert-OH is 1. The van der Waals surface area contributed by atoms with Crippen molar-refractivity contribution in [3.63, 3.8) is 0 Å². The van der Waals surface area contributed by atoms with Gasteiger partial charge < -0.3 is 0 Å². The molecule has 84 valence electrons. The van der Waals surface area contributed by atoms with Crippen molar-refractivity contribution in [1.82, 2.24) is 0 Å². The Kier molecular flexibility index (Phi) is 4.31. The number of hydrogen-bond donors (Lipinski definition) is 2. The average Bonchev–Trinajstić information content (AvgIpc) is 2.14. The zero-order valence-electron chi connectivity index (χ0n) is 8.25. The van der Waals surface area contributed by atoms with E-state index in [4.69, 9.17) is 10.2 Å². The fourth-order valence-corrected chi connectivity index (χ4v) is 3.06. The first-order valence-electron chi connectivity index (χ1n) is 4.33. The zero-order chi connectivity index (χ0) is 11.5. The van der Waals surface area contributed by atoms with Crippen molar-refractivity contribution in [2.24, 2.45) is 5.14 Å². The molecule has 0 fully saturated rings. The van der Waals surface area contributed by atoms with Gasteiger partial charge in [0.05, 0.1) is 0 Å². The van der Waals surface area contributed by atoms with Gasteiger partial charge in [0, 0.05) is 0 Å². The molecule has 0 aliphatic heterocycles. The van der Waals surface area contributed by atoms with Gasteiger partial charge in [-0.25, -0.2) is 0 Å². The number of primary sulfonamides is 1. The Balaban J connectivity index is 2.73. The maximum atomic E-state index is 11.0. The van der Waals surface area contributed by atoms with Crippen molar-refractivity contribution in [3.8, 4) is 0 Å². The van der Waals surface area contributed by atoms with Crippen LogP contribution in [0.15, 0.2) is 29.2 Å². The molecule has 0 saturated heterocycles. The summed E-state index contributed by atoms with van der Waals surface area (Å²) in [5.74, 6) is 0. The Morgan fingerprint density at radius 2 is 1.93 bits per heavy atom. The third kappa shape index (κ3) is 4.32. The van der Waals surface area contributed by atoms with Crippen LogP contribution in [0.2, 0.25) is 5.32 Å². The average molecular weight is 294 g/mol. The minimum atomic E-state index is -3.59. The summed E-state index contributed by atoms with van der Waals surface area (Å²) < 4.78 is 23.0. The third-order valence-electron chi connectivity index (χ3n) is 1.64. The second kappa shape index (κ2) is 5.09. The zero-order valence-corrected chi connectivity index (χ0v) is 10.8. The maximum absolute atomic E-state index is 11.0. The topological polar surface area (TPSA) is 80.4 Å². The molecule has 15 heavy (non-hydrogen) atoms. The summed E-state index contributed by atoms with van der Waals surface area (Å²) in [4.78, 5) is 0.124. The van der Waals surface area contributed by atoms with E-state index in [2.05, 4.69) is 0 Å². The summed E-state index contributed by atoms with van der Waals surface area (Å²) in [6.07, 6.45) is -0.317. The van der Waals surface area contributed by atoms with E-state index in [1.54, 1.807) is 19.1 Å². The van der Waals surface area contributed by atoms with Crippen LogP contribution in [0, 0.1) is 0 Å². The van der Waals surface area contributed by atoms with Crippen LogP contribution in [0.25, 0.3) is 0 Å². The predicted octanol–water partition coefficient (Wildman–Crippen LogP) is -0.537. The molecule has 0 unspecified atom stereocenters. The molecule has 4 nitrogen and oxygen atoms in total. The third-order valence-corrected chi connectivity index (χ3v) is 5.20. The normalized spacial score (nSPS) is 13.8. The molecule has 0 bridgehead atoms. The Bertz CT molecular complexity index is 413. The SMILES string of the molecule is C[C@@H](O)C[Se]c1ccc(S(N)(=O)=O)cc1. The number of benzene rings is 1. The van der Waals surface area contributed by atoms with Crippen LogP contribution >= 0.6 is 0 Å². The fraction of sp³-hybridized carbons (Fsp3) is 0.333. The van der Waals surface area contributed by atoms with Gasteiger partial charge in [-0.2, -0.15) is 0 Å². The molecule has 0 heterocycles. The fourth-order valence-electron chi connectivity index (χ4n) is 0.942. The summed E-state index contributed by atoms with van der Waals surface area (Å²) in [6, 6.07) is 6.47. The number of hydrogen-bond acceptors (Lipinski definition) is 3. The van der Waals surface area contributed by atoms with E-state index >= 15 is 0 Å². The molecule has 0 aromatic heterocycles. The number of rotatable bonds is 4. The second-order valence-corrected chi connectivity index (χ2v) is 7.03. The van der Waals surface area contributed by atoms with Gasteiger partial charge in [0.2, 0.25) is 0 Å². The first-order valence-corrected chi connectivity index (χ1v) is 7.95. The molecule has 0 spiro atoms. The van der Waals surface area contributed by atoms with Crippen LogP contribution < -0.4 is 9.60 Å². The van der Waals surface area contributed by atoms with E-state index < -0.39 is 10.0 Å². The van der Waals surface area contributed by atoms with Crippen molar-refractivity contribution in [2.45, 2.75) is 23.2 Å². The Morgan fingerprint density at radius 1 is 1.40 bits per heavy atom. The van der Waals surface area contributed by atoms with Gasteiger partial charge in [0.1, 0.15) is 0 Å². The monoisotopic (exact) mass is 295 g/mol. The van der Waals surface area contributed by atoms with E-state index in [0.29, 0.717) is 0 Å². The van der Waals surface area contributed by atoms with E-state index in [9.17, 15) is 8.42 Å². The molecule has 3 N–H and O–H groups in total. The summed E-state index contributed by atoms with van der Waals surface area (Å²) in [5, 5.41) is 14.8. The summed E-state index contributed by atoms with van der Waals surface area (Å²) in [6.45, 7) is 1.74. The van der Waals surface area contributed by atoms with Crippen molar-refractivity contribution in [2.75, 3.05) is 0 Å². The Hall–Kier alpha value is -0.391. The molecule has 0 amide bonds. The van der Waals surface area contributed by atoms with Gasteiger partial charge >= 0.3 is 95.6 Å². The first-order chi connectivity index (χ1) is 6.89. The number of sulfonamides is 1. The van der Waals surface area contributed by atoms with Crippen LogP contribution in [0.4, 0.5) is 0 Å². The van der Waals surface area contributed by atoms with Gasteiger partial charge in [0.15, 0.2) is 0 Å². The van der Waals surface area contributed by atoms with Crippen LogP contribution in [0.1, 0.15) is 6.92 Å². The van der Waals surface area contributed by atoms with Crippen LogP contribution in [0.3, 0.4) is 0 Å². The standard InChI is InChI=1S/C9H13NO3SSe/c1-7(11)6-15-9-4-2-8(3-5-9)14(10,12)13/h2-5,7,11H,6H2,1H3,(H2,10,12,13)/t7-/m1/s1.